The second-order valence-corrected chi connectivity index (χ2v) is 10.1. The molecule has 0 aliphatic carbocycles. The van der Waals surface area contributed by atoms with Crippen LogP contribution in [-0.4, -0.2) is 11.4 Å². The average Bonchev–Trinajstić information content (AvgIpc) is 2.71. The van der Waals surface area contributed by atoms with E-state index in [9.17, 15) is 9.90 Å². The third kappa shape index (κ3) is 14.5. The first-order chi connectivity index (χ1) is 14.5. The lowest BCUT2D eigenvalue weighted by atomic mass is 9.80. The van der Waals surface area contributed by atoms with Crippen LogP contribution in [0.2, 0.25) is 0 Å². The molecule has 31 heavy (non-hydrogen) atoms. The first kappa shape index (κ1) is 28.9. The Hall–Kier alpha value is -2.09. The van der Waals surface area contributed by atoms with E-state index in [1.807, 2.05) is 42.5 Å². The summed E-state index contributed by atoms with van der Waals surface area (Å²) in [4.78, 5) is 9.89. The van der Waals surface area contributed by atoms with Gasteiger partial charge < -0.3 is 9.90 Å². The predicted molar refractivity (Wildman–Crippen MR) is 136 cm³/mol. The number of rotatable bonds is 7. The summed E-state index contributed by atoms with van der Waals surface area (Å²) >= 11 is 0. The molecule has 0 radical (unpaired) electrons. The molecule has 2 nitrogen and oxygen atoms in total. The standard InChI is InChI=1S/C14H22O.C9H18O.C6H6/c1-13(2,3)10-7-8-12(15)11(9-10)14(4,5)6;1-2-3-4-5-6-7-8-9-10;1-2-4-6-5-3-1/h7-9,15H,1-6H3;9H,2-8H2,1H3;1-6H. The highest BCUT2D eigenvalue weighted by atomic mass is 16.3. The van der Waals surface area contributed by atoms with Crippen molar-refractivity contribution in [3.05, 3.63) is 65.7 Å². The van der Waals surface area contributed by atoms with Crippen molar-refractivity contribution in [2.24, 2.45) is 0 Å². The number of aromatic hydroxyl groups is 1. The Morgan fingerprint density at radius 3 is 1.65 bits per heavy atom. The van der Waals surface area contributed by atoms with Crippen LogP contribution in [0.1, 0.15) is 105 Å². The minimum atomic E-state index is -0.00859. The summed E-state index contributed by atoms with van der Waals surface area (Å²) in [7, 11) is 0. The lowest BCUT2D eigenvalue weighted by molar-refractivity contribution is -0.107. The van der Waals surface area contributed by atoms with Gasteiger partial charge in [0, 0.05) is 6.42 Å². The SMILES string of the molecule is CC(C)(C)c1ccc(O)c(C(C)(C)C)c1.CCCCCCCCC=O.c1ccccc1. The van der Waals surface area contributed by atoms with Crippen LogP contribution in [-0.2, 0) is 15.6 Å². The Balaban J connectivity index is 0.000000482. The number of phenolic OH excluding ortho intramolecular Hbond substituents is 1. The summed E-state index contributed by atoms with van der Waals surface area (Å²) in [5, 5.41) is 9.84. The van der Waals surface area contributed by atoms with Crippen LogP contribution >= 0.6 is 0 Å². The van der Waals surface area contributed by atoms with Crippen molar-refractivity contribution >= 4 is 6.29 Å². The normalized spacial score (nSPS) is 10.9. The zero-order valence-corrected chi connectivity index (χ0v) is 21.1. The van der Waals surface area contributed by atoms with Gasteiger partial charge in [0.05, 0.1) is 0 Å². The smallest absolute Gasteiger partial charge is 0.119 e. The van der Waals surface area contributed by atoms with Crippen LogP contribution in [0.25, 0.3) is 0 Å². The lowest BCUT2D eigenvalue weighted by Gasteiger charge is -2.25. The lowest BCUT2D eigenvalue weighted by Crippen LogP contribution is -2.16. The van der Waals surface area contributed by atoms with E-state index in [0.717, 1.165) is 24.7 Å². The van der Waals surface area contributed by atoms with E-state index in [-0.39, 0.29) is 10.8 Å². The van der Waals surface area contributed by atoms with Crippen LogP contribution in [0.3, 0.4) is 0 Å². The summed E-state index contributed by atoms with van der Waals surface area (Å²) < 4.78 is 0. The zero-order valence-electron chi connectivity index (χ0n) is 21.1. The molecule has 0 amide bonds. The minimum Gasteiger partial charge on any atom is -0.508 e. The summed E-state index contributed by atoms with van der Waals surface area (Å²) in [6, 6.07) is 17.9. The van der Waals surface area contributed by atoms with Gasteiger partial charge in [0.2, 0.25) is 0 Å². The first-order valence-electron chi connectivity index (χ1n) is 11.8. The number of carbonyl (C=O) groups is 1. The van der Waals surface area contributed by atoms with Crippen LogP contribution in [0.15, 0.2) is 54.6 Å². The van der Waals surface area contributed by atoms with Gasteiger partial charge in [-0.05, 0) is 34.4 Å². The molecule has 0 spiro atoms. The van der Waals surface area contributed by atoms with Gasteiger partial charge in [0.15, 0.2) is 0 Å². The van der Waals surface area contributed by atoms with E-state index in [1.54, 1.807) is 6.07 Å². The molecule has 2 aromatic rings. The fourth-order valence-electron chi connectivity index (χ4n) is 3.00. The maximum absolute atomic E-state index is 9.89. The molecule has 0 aliphatic rings. The third-order valence-electron chi connectivity index (χ3n) is 5.01. The number of carbonyl (C=O) groups excluding carboxylic acids is 1. The number of unbranched alkanes of at least 4 members (excludes halogenated alkanes) is 6. The molecule has 2 rings (SSSR count). The number of aldehydes is 1. The van der Waals surface area contributed by atoms with Crippen molar-refractivity contribution < 1.29 is 9.90 Å². The van der Waals surface area contributed by atoms with Gasteiger partial charge >= 0.3 is 0 Å². The van der Waals surface area contributed by atoms with Gasteiger partial charge in [-0.2, -0.15) is 0 Å². The summed E-state index contributed by atoms with van der Waals surface area (Å²) in [5.74, 6) is 0.399. The molecule has 0 heterocycles. The molecule has 0 bridgehead atoms. The van der Waals surface area contributed by atoms with E-state index >= 15 is 0 Å². The van der Waals surface area contributed by atoms with E-state index in [0.29, 0.717) is 5.75 Å². The number of hydrogen-bond donors (Lipinski definition) is 1. The molecule has 0 fully saturated rings. The highest BCUT2D eigenvalue weighted by Gasteiger charge is 2.21. The van der Waals surface area contributed by atoms with Gasteiger partial charge in [0.1, 0.15) is 12.0 Å². The molecule has 1 N–H and O–H groups in total. The van der Waals surface area contributed by atoms with E-state index in [4.69, 9.17) is 0 Å². The molecule has 2 heteroatoms. The first-order valence-corrected chi connectivity index (χ1v) is 11.8. The Morgan fingerprint density at radius 2 is 1.23 bits per heavy atom. The van der Waals surface area contributed by atoms with Crippen LogP contribution in [0, 0.1) is 0 Å². The Bertz CT molecular complexity index is 664. The van der Waals surface area contributed by atoms with E-state index < -0.39 is 0 Å². The van der Waals surface area contributed by atoms with Gasteiger partial charge in [-0.15, -0.1) is 0 Å². The molecule has 0 aliphatic heterocycles. The van der Waals surface area contributed by atoms with Gasteiger partial charge in [-0.25, -0.2) is 0 Å². The Labute approximate surface area is 192 Å². The third-order valence-corrected chi connectivity index (χ3v) is 5.01. The van der Waals surface area contributed by atoms with Crippen LogP contribution in [0.4, 0.5) is 0 Å². The number of benzene rings is 2. The molecule has 0 aromatic heterocycles. The molecule has 2 aromatic carbocycles. The summed E-state index contributed by atoms with van der Waals surface area (Å²) in [5.41, 5.74) is 2.42. The second kappa shape index (κ2) is 15.7. The number of hydrogen-bond acceptors (Lipinski definition) is 2. The topological polar surface area (TPSA) is 37.3 Å². The van der Waals surface area contributed by atoms with E-state index in [2.05, 4.69) is 54.5 Å². The highest BCUT2D eigenvalue weighted by Crippen LogP contribution is 2.34. The highest BCUT2D eigenvalue weighted by molar-refractivity contribution is 5.48. The quantitative estimate of drug-likeness (QED) is 0.355. The number of phenols is 1. The van der Waals surface area contributed by atoms with Crippen LogP contribution < -0.4 is 0 Å². The van der Waals surface area contributed by atoms with Crippen molar-refractivity contribution in [2.45, 2.75) is 104 Å². The average molecular weight is 427 g/mol. The van der Waals surface area contributed by atoms with Crippen molar-refractivity contribution in [2.75, 3.05) is 0 Å². The minimum absolute atomic E-state index is 0.00859. The maximum Gasteiger partial charge on any atom is 0.119 e. The van der Waals surface area contributed by atoms with Crippen LogP contribution in [0.5, 0.6) is 5.75 Å². The van der Waals surface area contributed by atoms with Gasteiger partial charge in [0.25, 0.3) is 0 Å². The van der Waals surface area contributed by atoms with Crippen molar-refractivity contribution in [1.82, 2.24) is 0 Å². The monoisotopic (exact) mass is 426 g/mol. The molecule has 0 saturated carbocycles. The molecule has 0 unspecified atom stereocenters. The molecular formula is C29H46O2. The van der Waals surface area contributed by atoms with Crippen molar-refractivity contribution in [3.8, 4) is 5.75 Å². The predicted octanol–water partition coefficient (Wildman–Crippen LogP) is 8.61. The fraction of sp³-hybridized carbons (Fsp3) is 0.552. The van der Waals surface area contributed by atoms with E-state index in [1.165, 1.54) is 37.7 Å². The summed E-state index contributed by atoms with van der Waals surface area (Å²) in [6.07, 6.45) is 9.39. The van der Waals surface area contributed by atoms with Gasteiger partial charge in [-0.3, -0.25) is 0 Å². The Morgan fingerprint density at radius 1 is 0.742 bits per heavy atom. The van der Waals surface area contributed by atoms with Crippen molar-refractivity contribution in [3.63, 3.8) is 0 Å². The summed E-state index contributed by atoms with van der Waals surface area (Å²) in [6.45, 7) is 15.1. The zero-order chi connectivity index (χ0) is 23.8. The molecular weight excluding hydrogens is 380 g/mol. The second-order valence-electron chi connectivity index (χ2n) is 10.1. The fourth-order valence-corrected chi connectivity index (χ4v) is 3.00. The maximum atomic E-state index is 9.89. The van der Waals surface area contributed by atoms with Gasteiger partial charge in [-0.1, -0.05) is 129 Å². The Kier molecular flexibility index (Phi) is 14.6. The largest absolute Gasteiger partial charge is 0.508 e. The molecule has 0 saturated heterocycles. The van der Waals surface area contributed by atoms with Crippen molar-refractivity contribution in [1.29, 1.82) is 0 Å². The molecule has 0 atom stereocenters. The molecule has 174 valence electrons.